The minimum absolute atomic E-state index is 0.00778. The summed E-state index contributed by atoms with van der Waals surface area (Å²) in [5, 5.41) is 0. The van der Waals surface area contributed by atoms with Gasteiger partial charge in [-0.05, 0) is 72.1 Å². The minimum Gasteiger partial charge on any atom is -0.465 e. The van der Waals surface area contributed by atoms with Crippen LogP contribution >= 0.6 is 0 Å². The average Bonchev–Trinajstić information content (AvgIpc) is 2.62. The third-order valence-electron chi connectivity index (χ3n) is 5.32. The number of rotatable bonds is 4. The summed E-state index contributed by atoms with van der Waals surface area (Å²) in [7, 11) is 1.29. The second kappa shape index (κ2) is 9.01. The van der Waals surface area contributed by atoms with Gasteiger partial charge in [0, 0.05) is 30.9 Å². The van der Waals surface area contributed by atoms with E-state index >= 15 is 0 Å². The quantitative estimate of drug-likeness (QED) is 0.685. The van der Waals surface area contributed by atoms with Crippen molar-refractivity contribution in [3.63, 3.8) is 0 Å². The number of anilines is 1. The molecule has 1 fully saturated rings. The lowest BCUT2D eigenvalue weighted by molar-refractivity contribution is 0.0103. The van der Waals surface area contributed by atoms with E-state index < -0.39 is 17.4 Å². The number of hydrogen-bond acceptors (Lipinski definition) is 5. The van der Waals surface area contributed by atoms with Crippen LogP contribution in [0.3, 0.4) is 0 Å². The Morgan fingerprint density at radius 3 is 2.48 bits per heavy atom. The Bertz CT molecular complexity index is 760. The predicted molar refractivity (Wildman–Crippen MR) is 111 cm³/mol. The van der Waals surface area contributed by atoms with Gasteiger partial charge in [-0.3, -0.25) is 0 Å². The number of methoxy groups -OCH3 is 1. The molecule has 1 saturated heterocycles. The molecule has 1 amide bonds. The summed E-state index contributed by atoms with van der Waals surface area (Å²) in [6, 6.07) is 2.80. The lowest BCUT2D eigenvalue weighted by Crippen LogP contribution is -2.52. The molecule has 6 nitrogen and oxygen atoms in total. The molecular formula is C22H33FN2O4. The Balaban J connectivity index is 2.24. The summed E-state index contributed by atoms with van der Waals surface area (Å²) >= 11 is 0. The summed E-state index contributed by atoms with van der Waals surface area (Å²) in [6.45, 7) is 12.6. The molecular weight excluding hydrogens is 375 g/mol. The SMILES string of the molecule is CCN(c1cc(F)cc(C(=O)OC)c1C)C1CCN(C(=O)OC(C)(C)C)C(C)C1. The highest BCUT2D eigenvalue weighted by molar-refractivity contribution is 5.92. The number of esters is 1. The van der Waals surface area contributed by atoms with Crippen molar-refractivity contribution in [2.75, 3.05) is 25.1 Å². The molecule has 0 aliphatic carbocycles. The molecule has 1 heterocycles. The number of piperidine rings is 1. The van der Waals surface area contributed by atoms with Crippen molar-refractivity contribution >= 4 is 17.7 Å². The summed E-state index contributed by atoms with van der Waals surface area (Å²) in [5.74, 6) is -1.02. The maximum absolute atomic E-state index is 14.3. The van der Waals surface area contributed by atoms with E-state index in [0.717, 1.165) is 12.8 Å². The number of nitrogens with zero attached hydrogens (tertiary/aromatic N) is 2. The smallest absolute Gasteiger partial charge is 0.410 e. The summed E-state index contributed by atoms with van der Waals surface area (Å²) in [4.78, 5) is 28.4. The van der Waals surface area contributed by atoms with Crippen molar-refractivity contribution in [3.8, 4) is 0 Å². The van der Waals surface area contributed by atoms with Crippen LogP contribution in [0.15, 0.2) is 12.1 Å². The summed E-state index contributed by atoms with van der Waals surface area (Å²) < 4.78 is 24.6. The Kier molecular flexibility index (Phi) is 7.14. The molecule has 1 aliphatic heterocycles. The van der Waals surface area contributed by atoms with Gasteiger partial charge in [0.05, 0.1) is 12.7 Å². The van der Waals surface area contributed by atoms with Crippen molar-refractivity contribution in [2.24, 2.45) is 0 Å². The van der Waals surface area contributed by atoms with Crippen LogP contribution in [0.5, 0.6) is 0 Å². The molecule has 2 unspecified atom stereocenters. The summed E-state index contributed by atoms with van der Waals surface area (Å²) in [5.41, 5.74) is 1.09. The maximum atomic E-state index is 14.3. The van der Waals surface area contributed by atoms with Crippen LogP contribution in [0, 0.1) is 12.7 Å². The van der Waals surface area contributed by atoms with Gasteiger partial charge in [0.1, 0.15) is 11.4 Å². The van der Waals surface area contributed by atoms with E-state index in [1.165, 1.54) is 19.2 Å². The zero-order valence-corrected chi connectivity index (χ0v) is 18.5. The van der Waals surface area contributed by atoms with Crippen LogP contribution in [0.25, 0.3) is 0 Å². The minimum atomic E-state index is -0.549. The molecule has 7 heteroatoms. The Morgan fingerprint density at radius 1 is 1.31 bits per heavy atom. The van der Waals surface area contributed by atoms with Crippen LogP contribution < -0.4 is 4.90 Å². The van der Waals surface area contributed by atoms with Gasteiger partial charge in [-0.2, -0.15) is 0 Å². The maximum Gasteiger partial charge on any atom is 0.410 e. The highest BCUT2D eigenvalue weighted by atomic mass is 19.1. The number of benzene rings is 1. The molecule has 162 valence electrons. The normalized spacial score (nSPS) is 19.7. The van der Waals surface area contributed by atoms with Crippen molar-refractivity contribution < 1.29 is 23.5 Å². The third-order valence-corrected chi connectivity index (χ3v) is 5.32. The van der Waals surface area contributed by atoms with Crippen LogP contribution in [-0.2, 0) is 9.47 Å². The second-order valence-electron chi connectivity index (χ2n) is 8.58. The van der Waals surface area contributed by atoms with Crippen LogP contribution in [0.4, 0.5) is 14.9 Å². The first-order valence-corrected chi connectivity index (χ1v) is 10.1. The number of carbonyl (C=O) groups excluding carboxylic acids is 2. The van der Waals surface area contributed by atoms with E-state index in [2.05, 4.69) is 4.90 Å². The van der Waals surface area contributed by atoms with Gasteiger partial charge in [0.2, 0.25) is 0 Å². The Labute approximate surface area is 172 Å². The van der Waals surface area contributed by atoms with Crippen LogP contribution in [0.1, 0.15) is 63.4 Å². The van der Waals surface area contributed by atoms with Crippen molar-refractivity contribution in [3.05, 3.63) is 29.1 Å². The van der Waals surface area contributed by atoms with E-state index in [1.54, 1.807) is 4.90 Å². The van der Waals surface area contributed by atoms with Gasteiger partial charge in [-0.25, -0.2) is 14.0 Å². The highest BCUT2D eigenvalue weighted by Gasteiger charge is 2.34. The second-order valence-corrected chi connectivity index (χ2v) is 8.58. The third kappa shape index (κ3) is 5.40. The molecule has 0 N–H and O–H groups in total. The monoisotopic (exact) mass is 408 g/mol. The Morgan fingerprint density at radius 2 is 1.97 bits per heavy atom. The molecule has 0 aromatic heterocycles. The van der Waals surface area contributed by atoms with E-state index in [9.17, 15) is 14.0 Å². The lowest BCUT2D eigenvalue weighted by Gasteiger charge is -2.43. The van der Waals surface area contributed by atoms with Gasteiger partial charge >= 0.3 is 12.1 Å². The van der Waals surface area contributed by atoms with Gasteiger partial charge in [-0.1, -0.05) is 0 Å². The fourth-order valence-electron chi connectivity index (χ4n) is 3.93. The Hall–Kier alpha value is -2.31. The van der Waals surface area contributed by atoms with Crippen LogP contribution in [0.2, 0.25) is 0 Å². The topological polar surface area (TPSA) is 59.1 Å². The average molecular weight is 409 g/mol. The number of halogens is 1. The zero-order valence-electron chi connectivity index (χ0n) is 18.5. The van der Waals surface area contributed by atoms with Crippen molar-refractivity contribution in [1.82, 2.24) is 4.90 Å². The van der Waals surface area contributed by atoms with Gasteiger partial charge in [0.15, 0.2) is 0 Å². The molecule has 2 atom stereocenters. The van der Waals surface area contributed by atoms with Crippen LogP contribution in [-0.4, -0.2) is 54.8 Å². The van der Waals surface area contributed by atoms with E-state index in [0.29, 0.717) is 24.3 Å². The first kappa shape index (κ1) is 23.0. The van der Waals surface area contributed by atoms with E-state index in [1.807, 2.05) is 41.5 Å². The first-order valence-electron chi connectivity index (χ1n) is 10.1. The largest absolute Gasteiger partial charge is 0.465 e. The number of likely N-dealkylation sites (tertiary alicyclic amines) is 1. The van der Waals surface area contributed by atoms with E-state index in [4.69, 9.17) is 9.47 Å². The molecule has 2 rings (SSSR count). The summed E-state index contributed by atoms with van der Waals surface area (Å²) in [6.07, 6.45) is 1.17. The lowest BCUT2D eigenvalue weighted by atomic mass is 9.95. The fraction of sp³-hybridized carbons (Fsp3) is 0.636. The van der Waals surface area contributed by atoms with Gasteiger partial charge < -0.3 is 19.3 Å². The molecule has 1 aromatic rings. The van der Waals surface area contributed by atoms with Crippen molar-refractivity contribution in [1.29, 1.82) is 0 Å². The predicted octanol–water partition coefficient (Wildman–Crippen LogP) is 4.54. The molecule has 0 spiro atoms. The molecule has 29 heavy (non-hydrogen) atoms. The number of carbonyl (C=O) groups is 2. The fourth-order valence-corrected chi connectivity index (χ4v) is 3.93. The number of hydrogen-bond donors (Lipinski definition) is 0. The number of ether oxygens (including phenoxy) is 2. The van der Waals surface area contributed by atoms with Gasteiger partial charge in [-0.15, -0.1) is 0 Å². The number of amides is 1. The van der Waals surface area contributed by atoms with Crippen molar-refractivity contribution in [2.45, 2.75) is 72.1 Å². The zero-order chi connectivity index (χ0) is 21.9. The standard InChI is InChI=1S/C22H33FN2O4/c1-8-24(19-13-16(23)12-18(15(19)3)20(26)28-7)17-9-10-25(14(2)11-17)21(27)29-22(4,5)6/h12-14,17H,8-11H2,1-7H3. The first-order chi connectivity index (χ1) is 13.5. The highest BCUT2D eigenvalue weighted by Crippen LogP contribution is 2.32. The molecule has 1 aliphatic rings. The molecule has 0 saturated carbocycles. The van der Waals surface area contributed by atoms with E-state index in [-0.39, 0.29) is 23.7 Å². The van der Waals surface area contributed by atoms with Gasteiger partial charge in [0.25, 0.3) is 0 Å². The molecule has 1 aromatic carbocycles. The molecule has 0 bridgehead atoms. The molecule has 0 radical (unpaired) electrons.